The lowest BCUT2D eigenvalue weighted by Crippen LogP contribution is -2.46. The van der Waals surface area contributed by atoms with Gasteiger partial charge in [-0.2, -0.15) is 0 Å². The predicted molar refractivity (Wildman–Crippen MR) is 140 cm³/mol. The van der Waals surface area contributed by atoms with Crippen LogP contribution in [0, 0.1) is 18.6 Å². The average Bonchev–Trinajstić information content (AvgIpc) is 2.86. The summed E-state index contributed by atoms with van der Waals surface area (Å²) >= 11 is 0. The quantitative estimate of drug-likeness (QED) is 0.346. The Bertz CT molecular complexity index is 1190. The third kappa shape index (κ3) is 8.58. The number of nitrogens with two attached hydrogens (primary N) is 1. The highest BCUT2D eigenvalue weighted by Gasteiger charge is 2.24. The number of aliphatic hydroxyl groups is 1. The van der Waals surface area contributed by atoms with E-state index in [1.807, 2.05) is 50.2 Å². The van der Waals surface area contributed by atoms with Crippen molar-refractivity contribution < 1.29 is 23.5 Å². The Labute approximate surface area is 216 Å². The molecule has 3 N–H and O–H groups in total. The molecule has 3 aromatic rings. The number of hydrogen-bond acceptors (Lipinski definition) is 4. The van der Waals surface area contributed by atoms with Gasteiger partial charge in [0.1, 0.15) is 11.6 Å². The molecule has 2 unspecified atom stereocenters. The van der Waals surface area contributed by atoms with Crippen LogP contribution in [-0.2, 0) is 24.2 Å². The number of carbonyl (C=O) groups excluding carboxylic acids is 2. The molecule has 196 valence electrons. The summed E-state index contributed by atoms with van der Waals surface area (Å²) in [6, 6.07) is 17.3. The first-order valence-corrected chi connectivity index (χ1v) is 12.5. The molecule has 0 heterocycles. The van der Waals surface area contributed by atoms with Gasteiger partial charge in [-0.15, -0.1) is 0 Å². The molecule has 0 aliphatic carbocycles. The van der Waals surface area contributed by atoms with Gasteiger partial charge in [0.05, 0.1) is 6.10 Å². The molecule has 37 heavy (non-hydrogen) atoms. The topological polar surface area (TPSA) is 83.6 Å². The summed E-state index contributed by atoms with van der Waals surface area (Å²) in [6.45, 7) is 4.14. The molecule has 3 rings (SSSR count). The lowest BCUT2D eigenvalue weighted by molar-refractivity contribution is -0.133. The summed E-state index contributed by atoms with van der Waals surface area (Å²) < 4.78 is 27.1. The number of aryl methyl sites for hydroxylation is 2. The first-order valence-electron chi connectivity index (χ1n) is 12.5. The molecule has 0 radical (unpaired) electrons. The van der Waals surface area contributed by atoms with Gasteiger partial charge in [0.2, 0.25) is 5.91 Å². The monoisotopic (exact) mass is 508 g/mol. The number of nitrogens with zero attached hydrogens (tertiary/aromatic N) is 1. The maximum atomic E-state index is 13.6. The summed E-state index contributed by atoms with van der Waals surface area (Å²) in [5, 5.41) is 10.8. The number of Topliss-reactive ketones (excluding diaryl/α,β-unsaturated/α-hetero) is 1. The van der Waals surface area contributed by atoms with Gasteiger partial charge >= 0.3 is 0 Å². The summed E-state index contributed by atoms with van der Waals surface area (Å²) in [5.41, 5.74) is 10.1. The van der Waals surface area contributed by atoms with E-state index in [0.29, 0.717) is 11.1 Å². The van der Waals surface area contributed by atoms with Gasteiger partial charge in [0, 0.05) is 43.6 Å². The van der Waals surface area contributed by atoms with Crippen LogP contribution in [0.5, 0.6) is 0 Å². The number of ketones is 1. The summed E-state index contributed by atoms with van der Waals surface area (Å²) in [7, 11) is 0. The Morgan fingerprint density at radius 1 is 0.919 bits per heavy atom. The van der Waals surface area contributed by atoms with Crippen LogP contribution >= 0.6 is 0 Å². The minimum absolute atomic E-state index is 0.0166. The number of halogens is 2. The van der Waals surface area contributed by atoms with Gasteiger partial charge in [-0.25, -0.2) is 8.78 Å². The largest absolute Gasteiger partial charge is 0.390 e. The van der Waals surface area contributed by atoms with E-state index in [1.165, 1.54) is 17.0 Å². The lowest BCUT2D eigenvalue weighted by atomic mass is 10.0. The van der Waals surface area contributed by atoms with Gasteiger partial charge in [-0.3, -0.25) is 9.59 Å². The van der Waals surface area contributed by atoms with Crippen molar-refractivity contribution in [1.29, 1.82) is 0 Å². The molecular weight excluding hydrogens is 474 g/mol. The van der Waals surface area contributed by atoms with Crippen molar-refractivity contribution in [2.75, 3.05) is 6.54 Å². The van der Waals surface area contributed by atoms with Crippen LogP contribution in [-0.4, -0.2) is 40.4 Å². The van der Waals surface area contributed by atoms with Crippen LogP contribution in [0.1, 0.15) is 52.4 Å². The fraction of sp³-hybridized carbons (Fsp3) is 0.333. The van der Waals surface area contributed by atoms with Crippen molar-refractivity contribution in [2.45, 2.75) is 58.2 Å². The molecule has 0 saturated heterocycles. The molecule has 2 atom stereocenters. The first-order chi connectivity index (χ1) is 17.6. The fourth-order valence-electron chi connectivity index (χ4n) is 4.18. The zero-order valence-electron chi connectivity index (χ0n) is 21.3. The van der Waals surface area contributed by atoms with Crippen molar-refractivity contribution in [3.8, 4) is 0 Å². The zero-order valence-corrected chi connectivity index (χ0v) is 21.3. The second-order valence-corrected chi connectivity index (χ2v) is 9.45. The highest BCUT2D eigenvalue weighted by atomic mass is 19.1. The van der Waals surface area contributed by atoms with E-state index in [2.05, 4.69) is 0 Å². The molecule has 0 fully saturated rings. The molecule has 0 saturated carbocycles. The van der Waals surface area contributed by atoms with E-state index in [0.717, 1.165) is 29.2 Å². The lowest BCUT2D eigenvalue weighted by Gasteiger charge is -2.28. The highest BCUT2D eigenvalue weighted by Crippen LogP contribution is 2.16. The highest BCUT2D eigenvalue weighted by molar-refractivity contribution is 5.98. The van der Waals surface area contributed by atoms with Crippen LogP contribution in [0.4, 0.5) is 8.78 Å². The van der Waals surface area contributed by atoms with Gasteiger partial charge in [-0.05, 0) is 48.6 Å². The second kappa shape index (κ2) is 13.2. The van der Waals surface area contributed by atoms with Gasteiger partial charge < -0.3 is 15.7 Å². The molecule has 0 aliphatic rings. The van der Waals surface area contributed by atoms with Crippen molar-refractivity contribution in [3.05, 3.63) is 106 Å². The van der Waals surface area contributed by atoms with Crippen molar-refractivity contribution in [3.63, 3.8) is 0 Å². The summed E-state index contributed by atoms with van der Waals surface area (Å²) in [6.07, 6.45) is -0.243. The average molecular weight is 509 g/mol. The zero-order chi connectivity index (χ0) is 26.9. The summed E-state index contributed by atoms with van der Waals surface area (Å²) in [5.74, 6) is -1.86. The standard InChI is InChI=1S/C30H34F2N2O3/c1-3-21-5-4-6-22(13-21)18-34(30(37)12-11-28(35)24-9-7-20(2)8-10-24)19-29(36)27(33)16-23-14-25(31)17-26(32)15-23/h4-10,13-15,17,27,29,36H,3,11-12,16,18-19,33H2,1-2H3. The molecule has 0 bridgehead atoms. The van der Waals surface area contributed by atoms with Gasteiger partial charge in [-0.1, -0.05) is 61.0 Å². The van der Waals surface area contributed by atoms with Crippen molar-refractivity contribution >= 4 is 11.7 Å². The maximum Gasteiger partial charge on any atom is 0.223 e. The van der Waals surface area contributed by atoms with Crippen molar-refractivity contribution in [1.82, 2.24) is 4.90 Å². The SMILES string of the molecule is CCc1cccc(CN(CC(O)C(N)Cc2cc(F)cc(F)c2)C(=O)CCC(=O)c2ccc(C)cc2)c1. The van der Waals surface area contributed by atoms with Crippen LogP contribution in [0.3, 0.4) is 0 Å². The minimum Gasteiger partial charge on any atom is -0.390 e. The number of aliphatic hydroxyl groups excluding tert-OH is 1. The summed E-state index contributed by atoms with van der Waals surface area (Å²) in [4.78, 5) is 27.3. The second-order valence-electron chi connectivity index (χ2n) is 9.45. The Kier molecular flexibility index (Phi) is 10.1. The Morgan fingerprint density at radius 3 is 2.22 bits per heavy atom. The van der Waals surface area contributed by atoms with Crippen LogP contribution in [0.2, 0.25) is 0 Å². The Balaban J connectivity index is 1.71. The third-order valence-electron chi connectivity index (χ3n) is 6.36. The van der Waals surface area contributed by atoms with E-state index < -0.39 is 23.8 Å². The first kappa shape index (κ1) is 28.2. The van der Waals surface area contributed by atoms with Gasteiger partial charge in [0.25, 0.3) is 0 Å². The predicted octanol–water partition coefficient (Wildman–Crippen LogP) is 4.76. The number of amides is 1. The normalized spacial score (nSPS) is 12.7. The smallest absolute Gasteiger partial charge is 0.223 e. The Morgan fingerprint density at radius 2 is 1.57 bits per heavy atom. The Hall–Kier alpha value is -3.42. The molecule has 0 aliphatic heterocycles. The molecule has 7 heteroatoms. The van der Waals surface area contributed by atoms with E-state index in [-0.39, 0.29) is 44.0 Å². The number of benzene rings is 3. The fourth-order valence-corrected chi connectivity index (χ4v) is 4.18. The number of rotatable bonds is 12. The van der Waals surface area contributed by atoms with Crippen LogP contribution < -0.4 is 5.73 Å². The van der Waals surface area contributed by atoms with E-state index in [9.17, 15) is 23.5 Å². The molecule has 5 nitrogen and oxygen atoms in total. The minimum atomic E-state index is -1.14. The van der Waals surface area contributed by atoms with E-state index >= 15 is 0 Å². The van der Waals surface area contributed by atoms with Gasteiger partial charge in [0.15, 0.2) is 5.78 Å². The molecule has 0 aromatic heterocycles. The molecule has 1 amide bonds. The molecular formula is C30H34F2N2O3. The third-order valence-corrected chi connectivity index (χ3v) is 6.36. The number of carbonyl (C=O) groups is 2. The molecule has 0 spiro atoms. The molecule has 3 aromatic carbocycles. The maximum absolute atomic E-state index is 13.6. The van der Waals surface area contributed by atoms with E-state index in [4.69, 9.17) is 5.73 Å². The van der Waals surface area contributed by atoms with E-state index in [1.54, 1.807) is 12.1 Å². The number of hydrogen-bond donors (Lipinski definition) is 2. The van der Waals surface area contributed by atoms with Crippen LogP contribution in [0.25, 0.3) is 0 Å². The van der Waals surface area contributed by atoms with Crippen LogP contribution in [0.15, 0.2) is 66.7 Å². The van der Waals surface area contributed by atoms with Crippen molar-refractivity contribution in [2.24, 2.45) is 5.73 Å².